The molecule has 2 rings (SSSR count). The first-order chi connectivity index (χ1) is 8.84. The summed E-state index contributed by atoms with van der Waals surface area (Å²) in [4.78, 5) is 26.3. The number of rotatable bonds is 2. The van der Waals surface area contributed by atoms with Crippen LogP contribution in [0.3, 0.4) is 0 Å². The molecule has 0 atom stereocenters. The maximum Gasteiger partial charge on any atom is 0.433 e. The number of alkyl halides is 3. The van der Waals surface area contributed by atoms with Crippen LogP contribution >= 0.6 is 0 Å². The minimum Gasteiger partial charge on any atom is -0.462 e. The zero-order valence-electron chi connectivity index (χ0n) is 9.61. The topological polar surface area (TPSA) is 76.5 Å². The van der Waals surface area contributed by atoms with E-state index in [-0.39, 0.29) is 12.2 Å². The Morgan fingerprint density at radius 3 is 2.79 bits per heavy atom. The molecule has 0 bridgehead atoms. The number of aromatic nitrogens is 3. The molecule has 6 nitrogen and oxygen atoms in total. The third-order valence-electron chi connectivity index (χ3n) is 2.28. The summed E-state index contributed by atoms with van der Waals surface area (Å²) in [5.74, 6) is -0.854. The number of carbonyl (C=O) groups excluding carboxylic acids is 1. The number of esters is 1. The van der Waals surface area contributed by atoms with Crippen LogP contribution in [-0.4, -0.2) is 27.2 Å². The molecule has 0 aliphatic rings. The minimum absolute atomic E-state index is 0.0549. The number of H-pyrrole nitrogens is 1. The fourth-order valence-corrected chi connectivity index (χ4v) is 1.49. The van der Waals surface area contributed by atoms with Crippen molar-refractivity contribution < 1.29 is 22.7 Å². The maximum absolute atomic E-state index is 12.5. The number of nitrogens with one attached hydrogen (secondary N) is 1. The van der Waals surface area contributed by atoms with Gasteiger partial charge < -0.3 is 4.74 Å². The van der Waals surface area contributed by atoms with Gasteiger partial charge in [0.15, 0.2) is 11.3 Å². The molecule has 9 heteroatoms. The third kappa shape index (κ3) is 2.30. The lowest BCUT2D eigenvalue weighted by molar-refractivity contribution is -0.141. The Morgan fingerprint density at radius 1 is 1.53 bits per heavy atom. The second-order valence-corrected chi connectivity index (χ2v) is 3.54. The quantitative estimate of drug-likeness (QED) is 0.836. The van der Waals surface area contributed by atoms with E-state index in [4.69, 9.17) is 0 Å². The highest BCUT2D eigenvalue weighted by Crippen LogP contribution is 2.27. The largest absolute Gasteiger partial charge is 0.462 e. The van der Waals surface area contributed by atoms with Gasteiger partial charge in [-0.05, 0) is 6.92 Å². The average Bonchev–Trinajstić information content (AvgIpc) is 2.72. The summed E-state index contributed by atoms with van der Waals surface area (Å²) in [6.45, 7) is 1.60. The molecule has 0 amide bonds. The van der Waals surface area contributed by atoms with Gasteiger partial charge in [0.1, 0.15) is 5.56 Å². The molecule has 102 valence electrons. The number of nitrogens with zero attached hydrogens (tertiary/aromatic N) is 2. The van der Waals surface area contributed by atoms with Crippen molar-refractivity contribution in [3.8, 4) is 0 Å². The van der Waals surface area contributed by atoms with Gasteiger partial charge in [0.05, 0.1) is 6.61 Å². The standard InChI is InChI=1S/C10H8F3N3O3/c1-2-19-9(18)5-4-14-16-7(17)3-6(10(11,12)13)15-8(5)16/h3-4,14H,2H2,1H3. The molecule has 2 aromatic rings. The van der Waals surface area contributed by atoms with Crippen LogP contribution in [0.4, 0.5) is 13.2 Å². The van der Waals surface area contributed by atoms with Crippen LogP contribution in [0.15, 0.2) is 17.1 Å². The van der Waals surface area contributed by atoms with Crippen LogP contribution in [0.1, 0.15) is 23.0 Å². The molecule has 0 unspecified atom stereocenters. The molecule has 0 spiro atoms. The van der Waals surface area contributed by atoms with Crippen LogP contribution < -0.4 is 5.56 Å². The van der Waals surface area contributed by atoms with E-state index in [0.29, 0.717) is 6.07 Å². The highest BCUT2D eigenvalue weighted by molar-refractivity contribution is 5.95. The van der Waals surface area contributed by atoms with Crippen molar-refractivity contribution in [3.05, 3.63) is 33.9 Å². The highest BCUT2D eigenvalue weighted by Gasteiger charge is 2.34. The van der Waals surface area contributed by atoms with Crippen molar-refractivity contribution in [1.29, 1.82) is 0 Å². The molecule has 0 aliphatic heterocycles. The fraction of sp³-hybridized carbons (Fsp3) is 0.300. The SMILES string of the molecule is CCOC(=O)c1c[nH]n2c(=O)cc(C(F)(F)F)nc12. The Hall–Kier alpha value is -2.32. The lowest BCUT2D eigenvalue weighted by Crippen LogP contribution is -2.20. The van der Waals surface area contributed by atoms with E-state index in [2.05, 4.69) is 14.8 Å². The zero-order valence-corrected chi connectivity index (χ0v) is 9.61. The molecule has 0 aromatic carbocycles. The van der Waals surface area contributed by atoms with Crippen LogP contribution in [-0.2, 0) is 10.9 Å². The van der Waals surface area contributed by atoms with Gasteiger partial charge in [-0.1, -0.05) is 0 Å². The summed E-state index contributed by atoms with van der Waals surface area (Å²) in [6.07, 6.45) is -3.70. The number of hydrogen-bond donors (Lipinski definition) is 1. The molecule has 1 N–H and O–H groups in total. The molecule has 0 radical (unpaired) electrons. The van der Waals surface area contributed by atoms with Gasteiger partial charge in [-0.15, -0.1) is 0 Å². The first kappa shape index (κ1) is 13.1. The van der Waals surface area contributed by atoms with Crippen molar-refractivity contribution >= 4 is 11.6 Å². The summed E-state index contributed by atoms with van der Waals surface area (Å²) >= 11 is 0. The monoisotopic (exact) mass is 275 g/mol. The molecule has 2 heterocycles. The van der Waals surface area contributed by atoms with Gasteiger partial charge in [-0.3, -0.25) is 9.89 Å². The second-order valence-electron chi connectivity index (χ2n) is 3.54. The highest BCUT2D eigenvalue weighted by atomic mass is 19.4. The van der Waals surface area contributed by atoms with Gasteiger partial charge in [-0.2, -0.15) is 13.2 Å². The lowest BCUT2D eigenvalue weighted by Gasteiger charge is -2.05. The minimum atomic E-state index is -4.77. The molecule has 0 saturated heterocycles. The molecular formula is C10H8F3N3O3. The Labute approximate surface area is 103 Å². The van der Waals surface area contributed by atoms with Crippen molar-refractivity contribution in [1.82, 2.24) is 14.6 Å². The third-order valence-corrected chi connectivity index (χ3v) is 2.28. The van der Waals surface area contributed by atoms with Gasteiger partial charge in [0.2, 0.25) is 0 Å². The fourth-order valence-electron chi connectivity index (χ4n) is 1.49. The summed E-state index contributed by atoms with van der Waals surface area (Å²) in [5, 5.41) is 2.35. The van der Waals surface area contributed by atoms with Gasteiger partial charge >= 0.3 is 12.1 Å². The van der Waals surface area contributed by atoms with E-state index >= 15 is 0 Å². The first-order valence-electron chi connectivity index (χ1n) is 5.20. The van der Waals surface area contributed by atoms with Gasteiger partial charge in [-0.25, -0.2) is 14.3 Å². The molecule has 0 aliphatic carbocycles. The lowest BCUT2D eigenvalue weighted by atomic mass is 10.3. The maximum atomic E-state index is 12.5. The molecule has 2 aromatic heterocycles. The van der Waals surface area contributed by atoms with E-state index < -0.39 is 29.0 Å². The summed E-state index contributed by atoms with van der Waals surface area (Å²) < 4.78 is 43.0. The van der Waals surface area contributed by atoms with E-state index in [1.54, 1.807) is 6.92 Å². The van der Waals surface area contributed by atoms with E-state index in [1.807, 2.05) is 0 Å². The van der Waals surface area contributed by atoms with Gasteiger partial charge in [0, 0.05) is 12.3 Å². The van der Waals surface area contributed by atoms with E-state index in [0.717, 1.165) is 10.7 Å². The molecule has 0 fully saturated rings. The van der Waals surface area contributed by atoms with Gasteiger partial charge in [0.25, 0.3) is 5.56 Å². The normalized spacial score (nSPS) is 11.8. The number of carbonyl (C=O) groups is 1. The first-order valence-corrected chi connectivity index (χ1v) is 5.20. The molecular weight excluding hydrogens is 267 g/mol. The molecule has 0 saturated carbocycles. The number of fused-ring (bicyclic) bond motifs is 1. The predicted molar refractivity (Wildman–Crippen MR) is 56.8 cm³/mol. The summed E-state index contributed by atoms with van der Waals surface area (Å²) in [5.41, 5.74) is -2.97. The average molecular weight is 275 g/mol. The number of hydrogen-bond acceptors (Lipinski definition) is 4. The number of ether oxygens (including phenoxy) is 1. The van der Waals surface area contributed by atoms with E-state index in [1.165, 1.54) is 0 Å². The summed E-state index contributed by atoms with van der Waals surface area (Å²) in [6, 6.07) is 0.346. The molecule has 19 heavy (non-hydrogen) atoms. The Morgan fingerprint density at radius 2 is 2.21 bits per heavy atom. The van der Waals surface area contributed by atoms with Crippen molar-refractivity contribution in [3.63, 3.8) is 0 Å². The van der Waals surface area contributed by atoms with Crippen LogP contribution in [0.25, 0.3) is 5.65 Å². The smallest absolute Gasteiger partial charge is 0.433 e. The van der Waals surface area contributed by atoms with Crippen LogP contribution in [0, 0.1) is 0 Å². The van der Waals surface area contributed by atoms with Crippen molar-refractivity contribution in [2.75, 3.05) is 6.61 Å². The van der Waals surface area contributed by atoms with Crippen molar-refractivity contribution in [2.24, 2.45) is 0 Å². The number of halogens is 3. The Bertz CT molecular complexity index is 687. The second kappa shape index (κ2) is 4.41. The van der Waals surface area contributed by atoms with E-state index in [9.17, 15) is 22.8 Å². The van der Waals surface area contributed by atoms with Crippen LogP contribution in [0.5, 0.6) is 0 Å². The zero-order chi connectivity index (χ0) is 14.2. The predicted octanol–water partition coefficient (Wildman–Crippen LogP) is 1.22. The Kier molecular flexibility index (Phi) is 3.05. The Balaban J connectivity index is 2.67. The van der Waals surface area contributed by atoms with Crippen LogP contribution in [0.2, 0.25) is 0 Å². The van der Waals surface area contributed by atoms with Crippen molar-refractivity contribution in [2.45, 2.75) is 13.1 Å². The number of aromatic amines is 1. The summed E-state index contributed by atoms with van der Waals surface area (Å²) in [7, 11) is 0.